The van der Waals surface area contributed by atoms with Crippen LogP contribution >= 0.6 is 0 Å². The van der Waals surface area contributed by atoms with E-state index in [9.17, 15) is 4.79 Å². The van der Waals surface area contributed by atoms with Crippen LogP contribution in [0.5, 0.6) is 11.5 Å². The molecule has 0 aliphatic carbocycles. The van der Waals surface area contributed by atoms with E-state index in [1.807, 2.05) is 42.0 Å². The van der Waals surface area contributed by atoms with E-state index in [-0.39, 0.29) is 12.6 Å². The van der Waals surface area contributed by atoms with Gasteiger partial charge in [-0.25, -0.2) is 0 Å². The molecular weight excluding hydrogens is 430 g/mol. The fraction of sp³-hybridized carbons (Fsp3) is 0.444. The van der Waals surface area contributed by atoms with Gasteiger partial charge in [0.1, 0.15) is 6.61 Å². The second-order valence-corrected chi connectivity index (χ2v) is 8.51. The summed E-state index contributed by atoms with van der Waals surface area (Å²) in [5.74, 6) is 1.10. The maximum absolute atomic E-state index is 12.2. The lowest BCUT2D eigenvalue weighted by molar-refractivity contribution is 0.100. The first-order chi connectivity index (χ1) is 16.5. The van der Waals surface area contributed by atoms with E-state index in [0.29, 0.717) is 38.3 Å². The number of primary amides is 1. The van der Waals surface area contributed by atoms with E-state index in [0.717, 1.165) is 40.8 Å². The lowest BCUT2D eigenvalue weighted by Gasteiger charge is -2.17. The summed E-state index contributed by atoms with van der Waals surface area (Å²) in [5.41, 5.74) is 9.32. The monoisotopic (exact) mass is 467 g/mol. The normalized spacial score (nSPS) is 12.1. The predicted octanol–water partition coefficient (Wildman–Crippen LogP) is 3.68. The number of aromatic nitrogens is 1. The first-order valence-corrected chi connectivity index (χ1v) is 12.1. The molecule has 1 amide bonds. The first-order valence-electron chi connectivity index (χ1n) is 12.1. The Morgan fingerprint density at radius 3 is 2.65 bits per heavy atom. The molecule has 0 radical (unpaired) electrons. The number of nitrogens with one attached hydrogen (secondary N) is 1. The van der Waals surface area contributed by atoms with Gasteiger partial charge < -0.3 is 30.2 Å². The standard InChI is InChI=1S/C27H37N3O4/c1-4-20-7-8-24(25(18-20)33-5-2)34-14-10-29-19(3)15-21-16-22-9-12-30(11-6-13-31)26(22)23(17-21)27(28)32/h7-9,12,16-19,29,31H,4-6,10-11,13-15H2,1-3H3,(H2,28,32)/t19-/m1/s1. The second kappa shape index (κ2) is 12.4. The molecule has 3 aromatic rings. The molecule has 1 atom stereocenters. The Morgan fingerprint density at radius 2 is 1.94 bits per heavy atom. The van der Waals surface area contributed by atoms with Gasteiger partial charge in [-0.05, 0) is 74.6 Å². The van der Waals surface area contributed by atoms with Gasteiger partial charge in [0.25, 0.3) is 5.91 Å². The van der Waals surface area contributed by atoms with E-state index in [2.05, 4.69) is 31.3 Å². The van der Waals surface area contributed by atoms with Crippen molar-refractivity contribution in [2.45, 2.75) is 52.6 Å². The van der Waals surface area contributed by atoms with Gasteiger partial charge in [-0.2, -0.15) is 0 Å². The molecule has 0 aliphatic heterocycles. The van der Waals surface area contributed by atoms with Crippen LogP contribution in [0.25, 0.3) is 10.9 Å². The van der Waals surface area contributed by atoms with E-state index in [1.54, 1.807) is 0 Å². The van der Waals surface area contributed by atoms with Gasteiger partial charge in [0.2, 0.25) is 0 Å². The van der Waals surface area contributed by atoms with Crippen molar-refractivity contribution in [1.82, 2.24) is 9.88 Å². The Bertz CT molecular complexity index is 1090. The average Bonchev–Trinajstić information content (AvgIpc) is 3.23. The zero-order valence-corrected chi connectivity index (χ0v) is 20.5. The molecule has 0 bridgehead atoms. The third-order valence-electron chi connectivity index (χ3n) is 5.85. The van der Waals surface area contributed by atoms with E-state index in [1.165, 1.54) is 5.56 Å². The smallest absolute Gasteiger partial charge is 0.250 e. The van der Waals surface area contributed by atoms with Crippen LogP contribution in [-0.4, -0.2) is 48.0 Å². The number of hydrogen-bond acceptors (Lipinski definition) is 5. The molecule has 7 nitrogen and oxygen atoms in total. The van der Waals surface area contributed by atoms with Crippen LogP contribution in [0.1, 0.15) is 48.7 Å². The van der Waals surface area contributed by atoms with Gasteiger partial charge >= 0.3 is 0 Å². The number of carbonyl (C=O) groups excluding carboxylic acids is 1. The number of fused-ring (bicyclic) bond motifs is 1. The number of rotatable bonds is 14. The number of ether oxygens (including phenoxy) is 2. The van der Waals surface area contributed by atoms with E-state index < -0.39 is 5.91 Å². The maximum Gasteiger partial charge on any atom is 0.250 e. The number of carbonyl (C=O) groups is 1. The maximum atomic E-state index is 12.2. The van der Waals surface area contributed by atoms with E-state index >= 15 is 0 Å². The summed E-state index contributed by atoms with van der Waals surface area (Å²) in [6.45, 7) is 8.76. The fourth-order valence-corrected chi connectivity index (χ4v) is 4.20. The molecule has 0 saturated heterocycles. The zero-order chi connectivity index (χ0) is 24.5. The molecule has 7 heteroatoms. The molecule has 0 saturated carbocycles. The van der Waals surface area contributed by atoms with Gasteiger partial charge in [-0.1, -0.05) is 13.0 Å². The highest BCUT2D eigenvalue weighted by Crippen LogP contribution is 2.28. The third kappa shape index (κ3) is 6.52. The van der Waals surface area contributed by atoms with Crippen molar-refractivity contribution in [1.29, 1.82) is 0 Å². The summed E-state index contributed by atoms with van der Waals surface area (Å²) in [6.07, 6.45) is 4.28. The number of benzene rings is 2. The van der Waals surface area contributed by atoms with Crippen molar-refractivity contribution < 1.29 is 19.4 Å². The lowest BCUT2D eigenvalue weighted by atomic mass is 10.0. The van der Waals surface area contributed by atoms with Crippen LogP contribution < -0.4 is 20.5 Å². The van der Waals surface area contributed by atoms with Crippen LogP contribution in [0.3, 0.4) is 0 Å². The number of nitrogens with two attached hydrogens (primary N) is 1. The fourth-order valence-electron chi connectivity index (χ4n) is 4.20. The molecular formula is C27H37N3O4. The number of amides is 1. The Labute approximate surface area is 201 Å². The minimum atomic E-state index is -0.441. The predicted molar refractivity (Wildman–Crippen MR) is 136 cm³/mol. The molecule has 1 aromatic heterocycles. The van der Waals surface area contributed by atoms with Crippen molar-refractivity contribution in [3.8, 4) is 11.5 Å². The summed E-state index contributed by atoms with van der Waals surface area (Å²) >= 11 is 0. The Hall–Kier alpha value is -3.03. The number of aryl methyl sites for hydroxylation is 2. The van der Waals surface area contributed by atoms with Crippen molar-refractivity contribution in [3.05, 3.63) is 59.3 Å². The molecule has 2 aromatic carbocycles. The minimum Gasteiger partial charge on any atom is -0.490 e. The zero-order valence-electron chi connectivity index (χ0n) is 20.5. The average molecular weight is 468 g/mol. The van der Waals surface area contributed by atoms with Crippen LogP contribution in [0, 0.1) is 0 Å². The van der Waals surface area contributed by atoms with Gasteiger partial charge in [0, 0.05) is 37.3 Å². The highest BCUT2D eigenvalue weighted by atomic mass is 16.5. The van der Waals surface area contributed by atoms with Gasteiger partial charge in [0.05, 0.1) is 17.7 Å². The summed E-state index contributed by atoms with van der Waals surface area (Å²) in [6, 6.07) is 12.3. The van der Waals surface area contributed by atoms with Crippen molar-refractivity contribution in [2.75, 3.05) is 26.4 Å². The van der Waals surface area contributed by atoms with Crippen LogP contribution in [0.15, 0.2) is 42.6 Å². The van der Waals surface area contributed by atoms with Gasteiger partial charge in [-0.15, -0.1) is 0 Å². The van der Waals surface area contributed by atoms with Gasteiger partial charge in [0.15, 0.2) is 11.5 Å². The van der Waals surface area contributed by atoms with Crippen molar-refractivity contribution >= 4 is 16.8 Å². The Morgan fingerprint density at radius 1 is 1.12 bits per heavy atom. The highest BCUT2D eigenvalue weighted by molar-refractivity contribution is 6.05. The number of hydrogen-bond donors (Lipinski definition) is 3. The largest absolute Gasteiger partial charge is 0.490 e. The molecule has 0 spiro atoms. The topological polar surface area (TPSA) is 98.7 Å². The SMILES string of the molecule is CCOc1cc(CC)ccc1OCCN[C@H](C)Cc1cc(C(N)=O)c2c(ccn2CCCO)c1. The molecule has 184 valence electrons. The number of nitrogens with zero attached hydrogens (tertiary/aromatic N) is 1. The molecule has 3 rings (SSSR count). The second-order valence-electron chi connectivity index (χ2n) is 8.51. The Balaban J connectivity index is 1.59. The van der Waals surface area contributed by atoms with Crippen LogP contribution in [0.4, 0.5) is 0 Å². The molecule has 1 heterocycles. The number of aliphatic hydroxyl groups is 1. The van der Waals surface area contributed by atoms with Crippen molar-refractivity contribution in [2.24, 2.45) is 5.73 Å². The van der Waals surface area contributed by atoms with Crippen LogP contribution in [-0.2, 0) is 19.4 Å². The summed E-state index contributed by atoms with van der Waals surface area (Å²) in [5, 5.41) is 13.6. The molecule has 4 N–H and O–H groups in total. The van der Waals surface area contributed by atoms with Crippen molar-refractivity contribution in [3.63, 3.8) is 0 Å². The molecule has 0 unspecified atom stereocenters. The third-order valence-corrected chi connectivity index (χ3v) is 5.85. The van der Waals surface area contributed by atoms with E-state index in [4.69, 9.17) is 20.3 Å². The summed E-state index contributed by atoms with van der Waals surface area (Å²) < 4.78 is 13.7. The molecule has 0 fully saturated rings. The quantitative estimate of drug-likeness (QED) is 0.314. The highest BCUT2D eigenvalue weighted by Gasteiger charge is 2.15. The van der Waals surface area contributed by atoms with Gasteiger partial charge in [-0.3, -0.25) is 4.79 Å². The van der Waals surface area contributed by atoms with Crippen LogP contribution in [0.2, 0.25) is 0 Å². The lowest BCUT2D eigenvalue weighted by Crippen LogP contribution is -2.32. The first kappa shape index (κ1) is 25.6. The molecule has 0 aliphatic rings. The summed E-state index contributed by atoms with van der Waals surface area (Å²) in [4.78, 5) is 12.2. The minimum absolute atomic E-state index is 0.105. The Kier molecular flexibility index (Phi) is 9.36. The molecule has 34 heavy (non-hydrogen) atoms. The number of aliphatic hydroxyl groups excluding tert-OH is 1. The summed E-state index contributed by atoms with van der Waals surface area (Å²) in [7, 11) is 0.